The van der Waals surface area contributed by atoms with E-state index in [2.05, 4.69) is 15.0 Å². The van der Waals surface area contributed by atoms with Crippen LogP contribution < -0.4 is 4.90 Å². The number of nitrogens with zero attached hydrogens (tertiary/aromatic N) is 4. The van der Waals surface area contributed by atoms with Crippen molar-refractivity contribution in [1.29, 1.82) is 0 Å². The predicted octanol–water partition coefficient (Wildman–Crippen LogP) is 1.48. The van der Waals surface area contributed by atoms with Gasteiger partial charge in [-0.2, -0.15) is 9.37 Å². The lowest BCUT2D eigenvalue weighted by atomic mass is 10.4. The van der Waals surface area contributed by atoms with E-state index in [0.29, 0.717) is 0 Å². The average Bonchev–Trinajstić information content (AvgIpc) is 2.30. The Balaban J connectivity index is 2.63. The van der Waals surface area contributed by atoms with Gasteiger partial charge in [-0.05, 0) is 6.07 Å². The van der Waals surface area contributed by atoms with Crippen molar-refractivity contribution in [2.75, 3.05) is 11.2 Å². The topological polar surface area (TPSA) is 75.5 Å². The quantitative estimate of drug-likeness (QED) is 0.468. The van der Waals surface area contributed by atoms with Crippen LogP contribution in [0.25, 0.3) is 0 Å². The molecule has 0 bridgehead atoms. The van der Waals surface area contributed by atoms with Crippen LogP contribution in [-0.2, 0) is 9.84 Å². The van der Waals surface area contributed by atoms with Gasteiger partial charge in [0.25, 0.3) is 0 Å². The standard InChI is InChI=1S/C9H7Cl2FN4O2S/c1-19(17,18)7-5(10)4-14-8(11)16(7)6-2-3-13-9(12)15-6/h2-4,8H,1H3. The first kappa shape index (κ1) is 14.2. The first-order valence-corrected chi connectivity index (χ1v) is 7.56. The van der Waals surface area contributed by atoms with Gasteiger partial charge in [0.15, 0.2) is 14.9 Å². The molecule has 0 N–H and O–H groups in total. The molecule has 0 amide bonds. The molecule has 1 aliphatic heterocycles. The van der Waals surface area contributed by atoms with Crippen LogP contribution in [0.4, 0.5) is 10.2 Å². The van der Waals surface area contributed by atoms with Gasteiger partial charge in [-0.1, -0.05) is 23.2 Å². The van der Waals surface area contributed by atoms with Crippen molar-refractivity contribution in [2.24, 2.45) is 4.99 Å². The van der Waals surface area contributed by atoms with E-state index in [4.69, 9.17) is 23.2 Å². The smallest absolute Gasteiger partial charge is 0.279 e. The molecule has 102 valence electrons. The van der Waals surface area contributed by atoms with Crippen molar-refractivity contribution in [2.45, 2.75) is 5.62 Å². The van der Waals surface area contributed by atoms with Gasteiger partial charge in [-0.3, -0.25) is 9.89 Å². The zero-order valence-corrected chi connectivity index (χ0v) is 11.8. The number of hydrogen-bond donors (Lipinski definition) is 0. The summed E-state index contributed by atoms with van der Waals surface area (Å²) >= 11 is 11.8. The number of hydrogen-bond acceptors (Lipinski definition) is 6. The highest BCUT2D eigenvalue weighted by Crippen LogP contribution is 2.31. The summed E-state index contributed by atoms with van der Waals surface area (Å²) in [6.45, 7) is 0. The summed E-state index contributed by atoms with van der Waals surface area (Å²) in [5.41, 5.74) is -1.10. The van der Waals surface area contributed by atoms with Crippen molar-refractivity contribution < 1.29 is 12.8 Å². The third kappa shape index (κ3) is 2.85. The first-order chi connectivity index (χ1) is 8.80. The van der Waals surface area contributed by atoms with Crippen LogP contribution in [0.15, 0.2) is 27.3 Å². The monoisotopic (exact) mass is 324 g/mol. The minimum Gasteiger partial charge on any atom is -0.279 e. The molecular formula is C9H7Cl2FN4O2S. The number of aromatic nitrogens is 2. The fourth-order valence-corrected chi connectivity index (χ4v) is 3.33. The Bertz CT molecular complexity index is 677. The van der Waals surface area contributed by atoms with Crippen LogP contribution >= 0.6 is 23.2 Å². The summed E-state index contributed by atoms with van der Waals surface area (Å²) in [5.74, 6) is -0.0528. The average molecular weight is 325 g/mol. The lowest BCUT2D eigenvalue weighted by Crippen LogP contribution is -2.37. The summed E-state index contributed by atoms with van der Waals surface area (Å²) in [7, 11) is -3.70. The van der Waals surface area contributed by atoms with Crippen molar-refractivity contribution in [3.05, 3.63) is 28.4 Å². The van der Waals surface area contributed by atoms with Crippen molar-refractivity contribution in [3.8, 4) is 0 Å². The Morgan fingerprint density at radius 1 is 1.47 bits per heavy atom. The molecule has 0 aliphatic carbocycles. The molecule has 0 aromatic carbocycles. The summed E-state index contributed by atoms with van der Waals surface area (Å²) in [6, 6.07) is 1.30. The Kier molecular flexibility index (Phi) is 3.75. The molecule has 1 aliphatic rings. The largest absolute Gasteiger partial charge is 0.310 e. The van der Waals surface area contributed by atoms with E-state index in [0.717, 1.165) is 23.6 Å². The van der Waals surface area contributed by atoms with Gasteiger partial charge < -0.3 is 0 Å². The molecular weight excluding hydrogens is 318 g/mol. The number of aliphatic imine (C=N–C) groups is 1. The second kappa shape index (κ2) is 5.03. The maximum Gasteiger partial charge on any atom is 0.310 e. The van der Waals surface area contributed by atoms with Gasteiger partial charge in [0.2, 0.25) is 5.62 Å². The SMILES string of the molecule is CS(=O)(=O)C1=C(Cl)C=NC(Cl)N1c1ccnc(F)n1. The summed E-state index contributed by atoms with van der Waals surface area (Å²) in [6.07, 6.45) is 2.20. The Morgan fingerprint density at radius 2 is 2.16 bits per heavy atom. The van der Waals surface area contributed by atoms with Gasteiger partial charge in [0.1, 0.15) is 5.82 Å². The number of alkyl halides is 1. The molecule has 0 spiro atoms. The van der Waals surface area contributed by atoms with E-state index in [1.54, 1.807) is 0 Å². The number of sulfone groups is 1. The van der Waals surface area contributed by atoms with Crippen LogP contribution in [0.3, 0.4) is 0 Å². The van der Waals surface area contributed by atoms with E-state index in [-0.39, 0.29) is 15.9 Å². The molecule has 2 heterocycles. The van der Waals surface area contributed by atoms with Gasteiger partial charge in [0, 0.05) is 18.7 Å². The van der Waals surface area contributed by atoms with Crippen LogP contribution in [0.1, 0.15) is 0 Å². The van der Waals surface area contributed by atoms with Crippen LogP contribution in [-0.4, -0.2) is 36.5 Å². The molecule has 2 rings (SSSR count). The fraction of sp³-hybridized carbons (Fsp3) is 0.222. The van der Waals surface area contributed by atoms with E-state index in [1.807, 2.05) is 0 Å². The fourth-order valence-electron chi connectivity index (χ4n) is 1.49. The summed E-state index contributed by atoms with van der Waals surface area (Å²) in [4.78, 5) is 11.6. The maximum absolute atomic E-state index is 13.0. The number of anilines is 1. The number of rotatable bonds is 2. The molecule has 1 unspecified atom stereocenters. The minimum atomic E-state index is -3.70. The molecule has 0 radical (unpaired) electrons. The Morgan fingerprint density at radius 3 is 2.74 bits per heavy atom. The van der Waals surface area contributed by atoms with E-state index in [9.17, 15) is 12.8 Å². The molecule has 1 aromatic heterocycles. The molecule has 0 saturated heterocycles. The van der Waals surface area contributed by atoms with Crippen LogP contribution in [0, 0.1) is 6.08 Å². The zero-order valence-electron chi connectivity index (χ0n) is 9.46. The van der Waals surface area contributed by atoms with E-state index < -0.39 is 21.5 Å². The molecule has 10 heteroatoms. The highest BCUT2D eigenvalue weighted by Gasteiger charge is 2.33. The summed E-state index contributed by atoms with van der Waals surface area (Å²) < 4.78 is 36.6. The third-order valence-corrected chi connectivity index (χ3v) is 3.97. The van der Waals surface area contributed by atoms with Crippen molar-refractivity contribution in [1.82, 2.24) is 9.97 Å². The molecule has 0 fully saturated rings. The molecule has 1 aromatic rings. The normalized spacial score (nSPS) is 20.0. The Hall–Kier alpha value is -1.25. The van der Waals surface area contributed by atoms with Gasteiger partial charge in [-0.25, -0.2) is 13.4 Å². The third-order valence-electron chi connectivity index (χ3n) is 2.16. The lowest BCUT2D eigenvalue weighted by Gasteiger charge is -2.29. The number of halogens is 3. The first-order valence-electron chi connectivity index (χ1n) is 4.85. The van der Waals surface area contributed by atoms with E-state index >= 15 is 0 Å². The van der Waals surface area contributed by atoms with Gasteiger partial charge >= 0.3 is 6.08 Å². The van der Waals surface area contributed by atoms with E-state index in [1.165, 1.54) is 6.07 Å². The minimum absolute atomic E-state index is 0.0528. The predicted molar refractivity (Wildman–Crippen MR) is 70.3 cm³/mol. The molecule has 0 saturated carbocycles. The van der Waals surface area contributed by atoms with Crippen LogP contribution in [0.5, 0.6) is 0 Å². The van der Waals surface area contributed by atoms with Gasteiger partial charge in [0.05, 0.1) is 5.03 Å². The second-order valence-electron chi connectivity index (χ2n) is 3.57. The molecule has 1 atom stereocenters. The highest BCUT2D eigenvalue weighted by molar-refractivity contribution is 7.94. The summed E-state index contributed by atoms with van der Waals surface area (Å²) in [5, 5.41) is -0.416. The number of allylic oxidation sites excluding steroid dienone is 1. The molecule has 6 nitrogen and oxygen atoms in total. The Labute approximate surface area is 118 Å². The molecule has 19 heavy (non-hydrogen) atoms. The van der Waals surface area contributed by atoms with Crippen molar-refractivity contribution in [3.63, 3.8) is 0 Å². The highest BCUT2D eigenvalue weighted by atomic mass is 35.5. The van der Waals surface area contributed by atoms with Crippen molar-refractivity contribution >= 4 is 45.1 Å². The zero-order chi connectivity index (χ0) is 14.2. The second-order valence-corrected chi connectivity index (χ2v) is 6.30. The lowest BCUT2D eigenvalue weighted by molar-refractivity contribution is 0.537. The van der Waals surface area contributed by atoms with Gasteiger partial charge in [-0.15, -0.1) is 0 Å². The maximum atomic E-state index is 13.0. The van der Waals surface area contributed by atoms with Crippen LogP contribution in [0.2, 0.25) is 0 Å².